The molecule has 16 heavy (non-hydrogen) atoms. The van der Waals surface area contributed by atoms with E-state index in [0.29, 0.717) is 18.7 Å². The van der Waals surface area contributed by atoms with Gasteiger partial charge in [-0.25, -0.2) is 8.42 Å². The van der Waals surface area contributed by atoms with E-state index < -0.39 is 9.84 Å². The standard InChI is InChI=1S/C10H18ClNO3S/c1-10(2,4-5-11)12-9(13)8-3-6-16(14,15)7-8/h8H,3-7H2,1-2H3,(H,12,13). The summed E-state index contributed by atoms with van der Waals surface area (Å²) >= 11 is 5.63. The van der Waals surface area contributed by atoms with Gasteiger partial charge in [0.2, 0.25) is 5.91 Å². The molecule has 0 aromatic carbocycles. The molecule has 1 unspecified atom stereocenters. The van der Waals surface area contributed by atoms with E-state index in [1.165, 1.54) is 0 Å². The van der Waals surface area contributed by atoms with Crippen LogP contribution < -0.4 is 5.32 Å². The second kappa shape index (κ2) is 4.92. The molecule has 0 spiro atoms. The molecule has 0 aromatic heterocycles. The number of hydrogen-bond acceptors (Lipinski definition) is 3. The van der Waals surface area contributed by atoms with E-state index in [1.54, 1.807) is 0 Å². The van der Waals surface area contributed by atoms with Crippen molar-refractivity contribution in [3.8, 4) is 0 Å². The zero-order valence-corrected chi connectivity index (χ0v) is 11.2. The van der Waals surface area contributed by atoms with E-state index in [9.17, 15) is 13.2 Å². The average molecular weight is 268 g/mol. The Morgan fingerprint density at radius 1 is 1.50 bits per heavy atom. The molecule has 1 aliphatic rings. The van der Waals surface area contributed by atoms with Crippen molar-refractivity contribution < 1.29 is 13.2 Å². The first-order valence-electron chi connectivity index (χ1n) is 5.34. The summed E-state index contributed by atoms with van der Waals surface area (Å²) in [5, 5.41) is 2.85. The minimum absolute atomic E-state index is 0.0181. The Morgan fingerprint density at radius 3 is 2.56 bits per heavy atom. The second-order valence-corrected chi connectivity index (χ2v) is 7.52. The summed E-state index contributed by atoms with van der Waals surface area (Å²) in [6.45, 7) is 3.77. The summed E-state index contributed by atoms with van der Waals surface area (Å²) in [5.41, 5.74) is -0.370. The number of carbonyl (C=O) groups excluding carboxylic acids is 1. The summed E-state index contributed by atoms with van der Waals surface area (Å²) in [6, 6.07) is 0. The Bertz CT molecular complexity index is 364. The zero-order valence-electron chi connectivity index (χ0n) is 9.62. The number of sulfone groups is 1. The van der Waals surface area contributed by atoms with Gasteiger partial charge in [0.05, 0.1) is 17.4 Å². The normalized spacial score (nSPS) is 24.3. The molecule has 1 rings (SSSR count). The van der Waals surface area contributed by atoms with Crippen molar-refractivity contribution in [2.75, 3.05) is 17.4 Å². The van der Waals surface area contributed by atoms with E-state index in [0.717, 1.165) is 0 Å². The maximum absolute atomic E-state index is 11.8. The van der Waals surface area contributed by atoms with Gasteiger partial charge in [-0.2, -0.15) is 0 Å². The molecule has 1 amide bonds. The molecular formula is C10H18ClNO3S. The molecule has 4 nitrogen and oxygen atoms in total. The van der Waals surface area contributed by atoms with Gasteiger partial charge in [-0.05, 0) is 26.7 Å². The van der Waals surface area contributed by atoms with Crippen LogP contribution in [-0.4, -0.2) is 37.2 Å². The van der Waals surface area contributed by atoms with Gasteiger partial charge in [0.25, 0.3) is 0 Å². The van der Waals surface area contributed by atoms with Crippen LogP contribution in [0.3, 0.4) is 0 Å². The lowest BCUT2D eigenvalue weighted by atomic mass is 9.99. The number of alkyl halides is 1. The molecule has 0 radical (unpaired) electrons. The Labute approximate surface area is 102 Å². The van der Waals surface area contributed by atoms with Gasteiger partial charge in [-0.3, -0.25) is 4.79 Å². The third-order valence-corrected chi connectivity index (χ3v) is 4.74. The lowest BCUT2D eigenvalue weighted by Crippen LogP contribution is -2.46. The molecule has 0 bridgehead atoms. The fourth-order valence-corrected chi connectivity index (χ4v) is 3.95. The van der Waals surface area contributed by atoms with E-state index >= 15 is 0 Å². The van der Waals surface area contributed by atoms with Crippen molar-refractivity contribution in [3.05, 3.63) is 0 Å². The van der Waals surface area contributed by atoms with Crippen LogP contribution in [0, 0.1) is 5.92 Å². The largest absolute Gasteiger partial charge is 0.351 e. The molecule has 1 atom stereocenters. The van der Waals surface area contributed by atoms with Crippen LogP contribution >= 0.6 is 11.6 Å². The molecule has 0 saturated carbocycles. The first-order valence-corrected chi connectivity index (χ1v) is 7.70. The van der Waals surface area contributed by atoms with Gasteiger partial charge in [0.15, 0.2) is 9.84 Å². The number of hydrogen-bond donors (Lipinski definition) is 1. The van der Waals surface area contributed by atoms with Crippen LogP contribution in [0.5, 0.6) is 0 Å². The second-order valence-electron chi connectivity index (χ2n) is 4.91. The lowest BCUT2D eigenvalue weighted by molar-refractivity contribution is -0.125. The van der Waals surface area contributed by atoms with Crippen molar-refractivity contribution in [1.29, 1.82) is 0 Å². The van der Waals surface area contributed by atoms with Crippen LogP contribution in [-0.2, 0) is 14.6 Å². The molecule has 94 valence electrons. The summed E-state index contributed by atoms with van der Waals surface area (Å²) in [6.07, 6.45) is 1.10. The van der Waals surface area contributed by atoms with E-state index in [4.69, 9.17) is 11.6 Å². The summed E-state index contributed by atoms with van der Waals surface area (Å²) in [4.78, 5) is 11.8. The van der Waals surface area contributed by atoms with Gasteiger partial charge in [-0.15, -0.1) is 11.6 Å². The summed E-state index contributed by atoms with van der Waals surface area (Å²) in [5.74, 6) is 0.0170. The topological polar surface area (TPSA) is 63.2 Å². The van der Waals surface area contributed by atoms with Crippen LogP contribution in [0.1, 0.15) is 26.7 Å². The maximum atomic E-state index is 11.8. The molecule has 0 aliphatic carbocycles. The minimum Gasteiger partial charge on any atom is -0.351 e. The van der Waals surface area contributed by atoms with Gasteiger partial charge in [0, 0.05) is 11.4 Å². The Hall–Kier alpha value is -0.290. The van der Waals surface area contributed by atoms with E-state index in [2.05, 4.69) is 5.32 Å². The van der Waals surface area contributed by atoms with Gasteiger partial charge in [-0.1, -0.05) is 0 Å². The molecule has 6 heteroatoms. The van der Waals surface area contributed by atoms with Crippen molar-refractivity contribution in [1.82, 2.24) is 5.32 Å². The SMILES string of the molecule is CC(C)(CCCl)NC(=O)C1CCS(=O)(=O)C1. The quantitative estimate of drug-likeness (QED) is 0.772. The van der Waals surface area contributed by atoms with Crippen molar-refractivity contribution in [3.63, 3.8) is 0 Å². The van der Waals surface area contributed by atoms with Gasteiger partial charge < -0.3 is 5.32 Å². The molecule has 0 aromatic rings. The minimum atomic E-state index is -3.00. The number of amides is 1. The number of nitrogens with one attached hydrogen (secondary N) is 1. The first kappa shape index (κ1) is 13.8. The zero-order chi connectivity index (χ0) is 12.4. The van der Waals surface area contributed by atoms with Gasteiger partial charge >= 0.3 is 0 Å². The van der Waals surface area contributed by atoms with Crippen LogP contribution in [0.4, 0.5) is 0 Å². The Morgan fingerprint density at radius 2 is 2.12 bits per heavy atom. The maximum Gasteiger partial charge on any atom is 0.224 e. The molecule has 1 heterocycles. The Kier molecular flexibility index (Phi) is 4.23. The van der Waals surface area contributed by atoms with Gasteiger partial charge in [0.1, 0.15) is 0 Å². The predicted octanol–water partition coefficient (Wildman–Crippen LogP) is 0.945. The van der Waals surface area contributed by atoms with Crippen LogP contribution in [0.2, 0.25) is 0 Å². The number of halogens is 1. The summed E-state index contributed by atoms with van der Waals surface area (Å²) in [7, 11) is -3.00. The van der Waals surface area contributed by atoms with E-state index in [1.807, 2.05) is 13.8 Å². The lowest BCUT2D eigenvalue weighted by Gasteiger charge is -2.26. The first-order chi connectivity index (χ1) is 7.26. The highest BCUT2D eigenvalue weighted by atomic mass is 35.5. The number of carbonyl (C=O) groups is 1. The van der Waals surface area contributed by atoms with E-state index in [-0.39, 0.29) is 28.9 Å². The molecule has 1 aliphatic heterocycles. The highest BCUT2D eigenvalue weighted by Crippen LogP contribution is 2.20. The van der Waals surface area contributed by atoms with Crippen molar-refractivity contribution in [2.24, 2.45) is 5.92 Å². The third kappa shape index (κ3) is 3.94. The smallest absolute Gasteiger partial charge is 0.224 e. The third-order valence-electron chi connectivity index (χ3n) is 2.78. The number of rotatable bonds is 4. The molecular weight excluding hydrogens is 250 g/mol. The highest BCUT2D eigenvalue weighted by Gasteiger charge is 2.34. The van der Waals surface area contributed by atoms with Crippen molar-refractivity contribution in [2.45, 2.75) is 32.2 Å². The highest BCUT2D eigenvalue weighted by molar-refractivity contribution is 7.91. The molecule has 1 N–H and O–H groups in total. The summed E-state index contributed by atoms with van der Waals surface area (Å²) < 4.78 is 22.5. The fraction of sp³-hybridized carbons (Fsp3) is 0.900. The fourth-order valence-electron chi connectivity index (χ4n) is 1.74. The monoisotopic (exact) mass is 267 g/mol. The average Bonchev–Trinajstić information content (AvgIpc) is 2.45. The van der Waals surface area contributed by atoms with Crippen molar-refractivity contribution >= 4 is 27.3 Å². The van der Waals surface area contributed by atoms with Crippen LogP contribution in [0.25, 0.3) is 0 Å². The predicted molar refractivity (Wildman–Crippen MR) is 64.3 cm³/mol. The molecule has 1 fully saturated rings. The Balaban J connectivity index is 2.54. The van der Waals surface area contributed by atoms with Crippen LogP contribution in [0.15, 0.2) is 0 Å². The molecule has 1 saturated heterocycles.